The molecule has 41 heavy (non-hydrogen) atoms. The standard InChI is InChI=1S/C31H38N4O6/c1-40-19-22-11-7-15-34(22)31(39)26-18-28(36)32-25(17-21-9-3-2-4-10-21)30(38)35-16-8-12-23(35)20-41-27-14-6-5-13-24(27)29(37)33-26/h2-6,9-10,13-14,22-23,25-26H,7-8,11-12,15-20H2,1H3,(H,32,36)(H,33,37)/t22-,23+,25-,26-/m0/s1. The van der Waals surface area contributed by atoms with E-state index in [1.165, 1.54) is 0 Å². The monoisotopic (exact) mass is 562 g/mol. The summed E-state index contributed by atoms with van der Waals surface area (Å²) >= 11 is 0. The second-order valence-corrected chi connectivity index (χ2v) is 11.0. The van der Waals surface area contributed by atoms with Crippen molar-refractivity contribution in [2.75, 3.05) is 33.4 Å². The molecule has 2 saturated heterocycles. The van der Waals surface area contributed by atoms with Crippen LogP contribution in [0.15, 0.2) is 54.6 Å². The molecule has 2 aromatic carbocycles. The van der Waals surface area contributed by atoms with E-state index in [0.717, 1.165) is 31.2 Å². The SMILES string of the molecule is COC[C@@H]1CCCN1C(=O)[C@@H]1CC(=O)N[C@@H](Cc2ccccc2)C(=O)N2CCC[C@@H]2COc2ccccc2C(=O)N1. The molecule has 0 aliphatic carbocycles. The Morgan fingerprint density at radius 3 is 2.54 bits per heavy atom. The van der Waals surface area contributed by atoms with Gasteiger partial charge in [-0.05, 0) is 43.4 Å². The van der Waals surface area contributed by atoms with Gasteiger partial charge in [-0.25, -0.2) is 0 Å². The summed E-state index contributed by atoms with van der Waals surface area (Å²) in [6, 6.07) is 14.1. The Morgan fingerprint density at radius 1 is 0.976 bits per heavy atom. The molecule has 3 heterocycles. The Bertz CT molecular complexity index is 1250. The van der Waals surface area contributed by atoms with Gasteiger partial charge in [0, 0.05) is 26.6 Å². The average Bonchev–Trinajstić information content (AvgIpc) is 3.65. The summed E-state index contributed by atoms with van der Waals surface area (Å²) in [6.45, 7) is 1.68. The first-order valence-corrected chi connectivity index (χ1v) is 14.4. The Morgan fingerprint density at radius 2 is 1.73 bits per heavy atom. The van der Waals surface area contributed by atoms with E-state index in [0.29, 0.717) is 31.9 Å². The molecule has 4 amide bonds. The number of amides is 4. The number of ether oxygens (including phenoxy) is 2. The highest BCUT2D eigenvalue weighted by atomic mass is 16.5. The number of fused-ring (bicyclic) bond motifs is 2. The van der Waals surface area contributed by atoms with E-state index in [1.807, 2.05) is 30.3 Å². The van der Waals surface area contributed by atoms with Crippen LogP contribution in [0.25, 0.3) is 0 Å². The van der Waals surface area contributed by atoms with E-state index in [1.54, 1.807) is 41.2 Å². The van der Waals surface area contributed by atoms with Gasteiger partial charge in [0.15, 0.2) is 0 Å². The fraction of sp³-hybridized carbons (Fsp3) is 0.484. The van der Waals surface area contributed by atoms with Crippen molar-refractivity contribution in [2.24, 2.45) is 0 Å². The maximum Gasteiger partial charge on any atom is 0.255 e. The number of carbonyl (C=O) groups is 4. The van der Waals surface area contributed by atoms with Crippen molar-refractivity contribution in [3.63, 3.8) is 0 Å². The Kier molecular flexibility index (Phi) is 9.18. The lowest BCUT2D eigenvalue weighted by atomic mass is 10.0. The highest BCUT2D eigenvalue weighted by Crippen LogP contribution is 2.25. The number of carbonyl (C=O) groups excluding carboxylic acids is 4. The summed E-state index contributed by atoms with van der Waals surface area (Å²) in [5.74, 6) is -1.12. The van der Waals surface area contributed by atoms with Gasteiger partial charge in [-0.2, -0.15) is 0 Å². The maximum absolute atomic E-state index is 13.9. The second-order valence-electron chi connectivity index (χ2n) is 11.0. The normalized spacial score (nSPS) is 25.4. The van der Waals surface area contributed by atoms with E-state index in [9.17, 15) is 19.2 Å². The van der Waals surface area contributed by atoms with Gasteiger partial charge in [-0.3, -0.25) is 19.2 Å². The minimum Gasteiger partial charge on any atom is -0.491 e. The summed E-state index contributed by atoms with van der Waals surface area (Å²) in [4.78, 5) is 58.2. The molecule has 2 aromatic rings. The van der Waals surface area contributed by atoms with Gasteiger partial charge in [0.1, 0.15) is 24.4 Å². The second kappa shape index (κ2) is 13.2. The molecule has 0 bridgehead atoms. The molecule has 10 nitrogen and oxygen atoms in total. The number of hydrogen-bond donors (Lipinski definition) is 2. The van der Waals surface area contributed by atoms with Crippen molar-refractivity contribution in [1.29, 1.82) is 0 Å². The molecule has 3 aliphatic heterocycles. The maximum atomic E-state index is 13.9. The van der Waals surface area contributed by atoms with E-state index in [2.05, 4.69) is 10.6 Å². The molecule has 0 spiro atoms. The van der Waals surface area contributed by atoms with Crippen LogP contribution >= 0.6 is 0 Å². The fourth-order valence-corrected chi connectivity index (χ4v) is 6.08. The third-order valence-electron chi connectivity index (χ3n) is 8.15. The number of benzene rings is 2. The summed E-state index contributed by atoms with van der Waals surface area (Å²) in [5.41, 5.74) is 1.18. The van der Waals surface area contributed by atoms with E-state index < -0.39 is 23.9 Å². The third kappa shape index (κ3) is 6.70. The molecule has 0 saturated carbocycles. The van der Waals surface area contributed by atoms with Crippen molar-refractivity contribution in [3.05, 3.63) is 65.7 Å². The molecule has 5 rings (SSSR count). The smallest absolute Gasteiger partial charge is 0.255 e. The van der Waals surface area contributed by atoms with Crippen LogP contribution < -0.4 is 15.4 Å². The van der Waals surface area contributed by atoms with Crippen LogP contribution in [0.1, 0.15) is 48.0 Å². The Hall–Kier alpha value is -3.92. The lowest BCUT2D eigenvalue weighted by molar-refractivity contribution is -0.139. The predicted octanol–water partition coefficient (Wildman–Crippen LogP) is 1.92. The van der Waals surface area contributed by atoms with Gasteiger partial charge in [-0.15, -0.1) is 0 Å². The van der Waals surface area contributed by atoms with Gasteiger partial charge >= 0.3 is 0 Å². The molecule has 3 aliphatic rings. The summed E-state index contributed by atoms with van der Waals surface area (Å²) < 4.78 is 11.4. The van der Waals surface area contributed by atoms with Gasteiger partial charge in [-0.1, -0.05) is 42.5 Å². The fourth-order valence-electron chi connectivity index (χ4n) is 6.08. The summed E-state index contributed by atoms with van der Waals surface area (Å²) in [7, 11) is 1.59. The van der Waals surface area contributed by atoms with E-state index in [-0.39, 0.29) is 42.5 Å². The highest BCUT2D eigenvalue weighted by Gasteiger charge is 2.38. The number of rotatable bonds is 5. The molecule has 0 unspecified atom stereocenters. The molecule has 0 aromatic heterocycles. The zero-order chi connectivity index (χ0) is 28.8. The predicted molar refractivity (Wildman–Crippen MR) is 151 cm³/mol. The third-order valence-corrected chi connectivity index (χ3v) is 8.15. The number of likely N-dealkylation sites (tertiary alicyclic amines) is 1. The molecule has 2 fully saturated rings. The van der Waals surface area contributed by atoms with Gasteiger partial charge in [0.2, 0.25) is 17.7 Å². The molecular weight excluding hydrogens is 524 g/mol. The first kappa shape index (κ1) is 28.6. The van der Waals surface area contributed by atoms with Crippen LogP contribution in [0, 0.1) is 0 Å². The van der Waals surface area contributed by atoms with E-state index in [4.69, 9.17) is 9.47 Å². The van der Waals surface area contributed by atoms with Gasteiger partial charge < -0.3 is 29.9 Å². The minimum absolute atomic E-state index is 0.129. The molecule has 2 N–H and O–H groups in total. The Labute approximate surface area is 240 Å². The van der Waals surface area contributed by atoms with Crippen molar-refractivity contribution >= 4 is 23.6 Å². The zero-order valence-electron chi connectivity index (χ0n) is 23.4. The number of nitrogens with one attached hydrogen (secondary N) is 2. The average molecular weight is 563 g/mol. The van der Waals surface area contributed by atoms with Crippen molar-refractivity contribution in [3.8, 4) is 5.75 Å². The molecule has 218 valence electrons. The molecular formula is C31H38N4O6. The Balaban J connectivity index is 1.47. The topological polar surface area (TPSA) is 117 Å². The summed E-state index contributed by atoms with van der Waals surface area (Å²) in [6.07, 6.45) is 3.20. The van der Waals surface area contributed by atoms with Gasteiger partial charge in [0.05, 0.1) is 30.7 Å². The lowest BCUT2D eigenvalue weighted by Crippen LogP contribution is -2.55. The lowest BCUT2D eigenvalue weighted by Gasteiger charge is -2.31. The van der Waals surface area contributed by atoms with Crippen LogP contribution in [0.3, 0.4) is 0 Å². The zero-order valence-corrected chi connectivity index (χ0v) is 23.4. The summed E-state index contributed by atoms with van der Waals surface area (Å²) in [5, 5.41) is 5.72. The van der Waals surface area contributed by atoms with E-state index >= 15 is 0 Å². The van der Waals surface area contributed by atoms with Gasteiger partial charge in [0.25, 0.3) is 5.91 Å². The largest absolute Gasteiger partial charge is 0.491 e. The quantitative estimate of drug-likeness (QED) is 0.575. The van der Waals surface area contributed by atoms with Crippen LogP contribution in [-0.4, -0.2) is 91.0 Å². The van der Waals surface area contributed by atoms with Crippen molar-refractivity contribution in [1.82, 2.24) is 20.4 Å². The number of para-hydroxylation sites is 1. The molecule has 0 radical (unpaired) electrons. The van der Waals surface area contributed by atoms with Crippen LogP contribution in [0.4, 0.5) is 0 Å². The van der Waals surface area contributed by atoms with Crippen LogP contribution in [0.5, 0.6) is 5.75 Å². The minimum atomic E-state index is -1.12. The first-order chi connectivity index (χ1) is 19.9. The number of hydrogen-bond acceptors (Lipinski definition) is 6. The van der Waals surface area contributed by atoms with Crippen LogP contribution in [0.2, 0.25) is 0 Å². The molecule has 4 atom stereocenters. The first-order valence-electron chi connectivity index (χ1n) is 14.4. The highest BCUT2D eigenvalue weighted by molar-refractivity contribution is 6.01. The van der Waals surface area contributed by atoms with Crippen molar-refractivity contribution < 1.29 is 28.7 Å². The van der Waals surface area contributed by atoms with Crippen molar-refractivity contribution in [2.45, 2.75) is 62.7 Å². The van der Waals surface area contributed by atoms with Crippen LogP contribution in [-0.2, 0) is 25.5 Å². The number of nitrogens with zero attached hydrogens (tertiary/aromatic N) is 2. The number of methoxy groups -OCH3 is 1. The molecule has 10 heteroatoms.